The highest BCUT2D eigenvalue weighted by Gasteiger charge is 2.18. The zero-order valence-electron chi connectivity index (χ0n) is 11.3. The lowest BCUT2D eigenvalue weighted by molar-refractivity contribution is -0.124. The van der Waals surface area contributed by atoms with Crippen LogP contribution in [-0.4, -0.2) is 43.6 Å². The molecule has 1 aromatic carbocycles. The highest BCUT2D eigenvalue weighted by molar-refractivity contribution is 5.78. The Morgan fingerprint density at radius 1 is 1.42 bits per heavy atom. The van der Waals surface area contributed by atoms with Gasteiger partial charge < -0.3 is 15.8 Å². The number of rotatable bonds is 5. The number of benzene rings is 1. The van der Waals surface area contributed by atoms with Crippen LogP contribution in [0.15, 0.2) is 24.3 Å². The van der Waals surface area contributed by atoms with E-state index in [9.17, 15) is 4.79 Å². The number of hydrogen-bond donors (Lipinski definition) is 2. The molecule has 0 radical (unpaired) electrons. The van der Waals surface area contributed by atoms with E-state index in [1.165, 1.54) is 0 Å². The molecule has 0 saturated carbocycles. The highest BCUT2D eigenvalue weighted by atomic mass is 16.5. The van der Waals surface area contributed by atoms with Crippen LogP contribution in [0, 0.1) is 0 Å². The van der Waals surface area contributed by atoms with Gasteiger partial charge in [-0.25, -0.2) is 0 Å². The lowest BCUT2D eigenvalue weighted by Crippen LogP contribution is -2.49. The van der Waals surface area contributed by atoms with Crippen molar-refractivity contribution in [1.29, 1.82) is 0 Å². The molecule has 19 heavy (non-hydrogen) atoms. The third kappa shape index (κ3) is 3.94. The first kappa shape index (κ1) is 13.8. The van der Waals surface area contributed by atoms with E-state index < -0.39 is 0 Å². The van der Waals surface area contributed by atoms with Gasteiger partial charge in [0, 0.05) is 25.7 Å². The summed E-state index contributed by atoms with van der Waals surface area (Å²) in [6, 6.07) is 7.75. The third-order valence-electron chi connectivity index (χ3n) is 3.19. The van der Waals surface area contributed by atoms with E-state index in [0.29, 0.717) is 26.2 Å². The van der Waals surface area contributed by atoms with Crippen molar-refractivity contribution in [2.75, 3.05) is 32.8 Å². The maximum absolute atomic E-state index is 11.3. The van der Waals surface area contributed by atoms with E-state index in [-0.39, 0.29) is 11.9 Å². The van der Waals surface area contributed by atoms with E-state index in [4.69, 9.17) is 10.5 Å². The third-order valence-corrected chi connectivity index (χ3v) is 3.19. The van der Waals surface area contributed by atoms with Crippen molar-refractivity contribution >= 4 is 5.91 Å². The van der Waals surface area contributed by atoms with Crippen LogP contribution < -0.4 is 15.8 Å². The lowest BCUT2D eigenvalue weighted by atomic mass is 10.1. The Bertz CT molecular complexity index is 419. The second-order valence-electron chi connectivity index (χ2n) is 4.69. The van der Waals surface area contributed by atoms with Crippen LogP contribution >= 0.6 is 0 Å². The van der Waals surface area contributed by atoms with Gasteiger partial charge in [0.1, 0.15) is 5.75 Å². The minimum Gasteiger partial charge on any atom is -0.494 e. The van der Waals surface area contributed by atoms with Gasteiger partial charge in [-0.3, -0.25) is 9.69 Å². The number of hydrogen-bond acceptors (Lipinski definition) is 4. The largest absolute Gasteiger partial charge is 0.494 e. The summed E-state index contributed by atoms with van der Waals surface area (Å²) < 4.78 is 5.40. The monoisotopic (exact) mass is 263 g/mol. The molecule has 1 aliphatic rings. The normalized spacial score (nSPS) is 17.9. The summed E-state index contributed by atoms with van der Waals surface area (Å²) in [5.74, 6) is 0.931. The summed E-state index contributed by atoms with van der Waals surface area (Å²) in [4.78, 5) is 13.4. The van der Waals surface area contributed by atoms with Crippen molar-refractivity contribution in [3.8, 4) is 5.75 Å². The van der Waals surface area contributed by atoms with Crippen molar-refractivity contribution in [2.45, 2.75) is 13.0 Å². The first-order valence-corrected chi connectivity index (χ1v) is 6.66. The van der Waals surface area contributed by atoms with Crippen molar-refractivity contribution in [3.63, 3.8) is 0 Å². The van der Waals surface area contributed by atoms with Crippen LogP contribution in [0.4, 0.5) is 0 Å². The molecule has 0 spiro atoms. The van der Waals surface area contributed by atoms with Gasteiger partial charge in [0.2, 0.25) is 5.91 Å². The Morgan fingerprint density at radius 3 is 2.79 bits per heavy atom. The van der Waals surface area contributed by atoms with Gasteiger partial charge >= 0.3 is 0 Å². The summed E-state index contributed by atoms with van der Waals surface area (Å²) in [5, 5.41) is 2.81. The molecule has 0 aromatic heterocycles. The zero-order valence-corrected chi connectivity index (χ0v) is 11.3. The smallest absolute Gasteiger partial charge is 0.234 e. The van der Waals surface area contributed by atoms with Crippen LogP contribution in [-0.2, 0) is 4.79 Å². The minimum atomic E-state index is -0.0819. The molecular weight excluding hydrogens is 242 g/mol. The molecule has 1 atom stereocenters. The predicted molar refractivity (Wildman–Crippen MR) is 74.0 cm³/mol. The average molecular weight is 263 g/mol. The summed E-state index contributed by atoms with van der Waals surface area (Å²) in [7, 11) is 0. The molecule has 3 N–H and O–H groups in total. The highest BCUT2D eigenvalue weighted by Crippen LogP contribution is 2.17. The Hall–Kier alpha value is -1.59. The molecule has 0 aliphatic carbocycles. The molecule has 1 amide bonds. The standard InChI is InChI=1S/C14H21N3O2/c1-2-19-12-5-3-11(4-6-12)13(15)9-17-8-7-16-14(18)10-17/h3-6,13H,2,7-10,15H2,1H3,(H,16,18). The lowest BCUT2D eigenvalue weighted by Gasteiger charge is -2.28. The number of nitrogens with two attached hydrogens (primary N) is 1. The molecular formula is C14H21N3O2. The predicted octanol–water partition coefficient (Wildman–Crippen LogP) is 0.517. The maximum atomic E-state index is 11.3. The molecule has 1 heterocycles. The van der Waals surface area contributed by atoms with Crippen LogP contribution in [0.2, 0.25) is 0 Å². The fourth-order valence-electron chi connectivity index (χ4n) is 2.21. The summed E-state index contributed by atoms with van der Waals surface area (Å²) in [6.07, 6.45) is 0. The fraction of sp³-hybridized carbons (Fsp3) is 0.500. The van der Waals surface area contributed by atoms with E-state index in [1.807, 2.05) is 31.2 Å². The first-order valence-electron chi connectivity index (χ1n) is 6.66. The minimum absolute atomic E-state index is 0.0742. The second-order valence-corrected chi connectivity index (χ2v) is 4.69. The SMILES string of the molecule is CCOc1ccc(C(N)CN2CCNC(=O)C2)cc1. The van der Waals surface area contributed by atoms with Crippen molar-refractivity contribution in [2.24, 2.45) is 5.73 Å². The number of carbonyl (C=O) groups excluding carboxylic acids is 1. The summed E-state index contributed by atoms with van der Waals surface area (Å²) >= 11 is 0. The number of ether oxygens (including phenoxy) is 1. The molecule has 0 bridgehead atoms. The van der Waals surface area contributed by atoms with E-state index >= 15 is 0 Å². The van der Waals surface area contributed by atoms with Crippen LogP contribution in [0.1, 0.15) is 18.5 Å². The van der Waals surface area contributed by atoms with Crippen molar-refractivity contribution in [3.05, 3.63) is 29.8 Å². The first-order chi connectivity index (χ1) is 9.19. The van der Waals surface area contributed by atoms with Gasteiger partial charge in [0.05, 0.1) is 13.2 Å². The molecule has 2 rings (SSSR count). The van der Waals surface area contributed by atoms with E-state index in [2.05, 4.69) is 10.2 Å². The molecule has 1 unspecified atom stereocenters. The molecule has 1 saturated heterocycles. The van der Waals surface area contributed by atoms with Gasteiger partial charge in [-0.05, 0) is 24.6 Å². The maximum Gasteiger partial charge on any atom is 0.234 e. The van der Waals surface area contributed by atoms with Crippen LogP contribution in [0.3, 0.4) is 0 Å². The molecule has 1 fully saturated rings. The van der Waals surface area contributed by atoms with E-state index in [1.54, 1.807) is 0 Å². The topological polar surface area (TPSA) is 67.6 Å². The second kappa shape index (κ2) is 6.54. The molecule has 5 heteroatoms. The average Bonchev–Trinajstić information content (AvgIpc) is 2.40. The summed E-state index contributed by atoms with van der Waals surface area (Å²) in [6.45, 7) is 5.31. The Morgan fingerprint density at radius 2 is 2.16 bits per heavy atom. The Kier molecular flexibility index (Phi) is 4.76. The number of carbonyl (C=O) groups is 1. The van der Waals surface area contributed by atoms with Crippen molar-refractivity contribution < 1.29 is 9.53 Å². The number of nitrogens with one attached hydrogen (secondary N) is 1. The Balaban J connectivity index is 1.91. The molecule has 1 aliphatic heterocycles. The van der Waals surface area contributed by atoms with Gasteiger partial charge in [0.15, 0.2) is 0 Å². The van der Waals surface area contributed by atoms with Crippen molar-refractivity contribution in [1.82, 2.24) is 10.2 Å². The van der Waals surface area contributed by atoms with Crippen LogP contribution in [0.25, 0.3) is 0 Å². The van der Waals surface area contributed by atoms with Crippen LogP contribution in [0.5, 0.6) is 5.75 Å². The summed E-state index contributed by atoms with van der Waals surface area (Å²) in [5.41, 5.74) is 7.25. The van der Waals surface area contributed by atoms with E-state index in [0.717, 1.165) is 17.9 Å². The molecule has 5 nitrogen and oxygen atoms in total. The zero-order chi connectivity index (χ0) is 13.7. The van der Waals surface area contributed by atoms with Gasteiger partial charge in [-0.15, -0.1) is 0 Å². The molecule has 104 valence electrons. The molecule has 1 aromatic rings. The van der Waals surface area contributed by atoms with Gasteiger partial charge in [-0.1, -0.05) is 12.1 Å². The quantitative estimate of drug-likeness (QED) is 0.812. The van der Waals surface area contributed by atoms with Gasteiger partial charge in [-0.2, -0.15) is 0 Å². The number of nitrogens with zero attached hydrogens (tertiary/aromatic N) is 1. The fourth-order valence-corrected chi connectivity index (χ4v) is 2.21. The van der Waals surface area contributed by atoms with Gasteiger partial charge in [0.25, 0.3) is 0 Å². The number of amides is 1. The number of piperazine rings is 1. The Labute approximate surface area is 113 Å².